The highest BCUT2D eigenvalue weighted by atomic mass is 32.3. The molecule has 1 aliphatic rings. The lowest BCUT2D eigenvalue weighted by Gasteiger charge is -2.10. The van der Waals surface area contributed by atoms with Crippen LogP contribution in [0.15, 0.2) is 24.3 Å². The minimum absolute atomic E-state index is 1.21. The van der Waals surface area contributed by atoms with E-state index in [1.165, 1.54) is 25.9 Å². The number of likely N-dealkylation sites (N-methyl/N-ethyl adjacent to an activating group) is 1. The fourth-order valence-corrected chi connectivity index (χ4v) is 1.78. The van der Waals surface area contributed by atoms with Crippen LogP contribution in [0.1, 0.15) is 11.1 Å². The first-order chi connectivity index (χ1) is 7.86. The van der Waals surface area contributed by atoms with Gasteiger partial charge in [0.05, 0.1) is 0 Å². The predicted molar refractivity (Wildman–Crippen MR) is 65.5 cm³/mol. The molecule has 0 spiro atoms. The number of fused-ring (bicyclic) bond motifs is 1. The lowest BCUT2D eigenvalue weighted by Crippen LogP contribution is -2.20. The van der Waals surface area contributed by atoms with Crippen LogP contribution >= 0.6 is 0 Å². The molecule has 0 aliphatic carbocycles. The lowest BCUT2D eigenvalue weighted by atomic mass is 10.0. The molecule has 1 aliphatic heterocycles. The highest BCUT2D eigenvalue weighted by Gasteiger charge is 2.08. The molecule has 0 bridgehead atoms. The van der Waals surface area contributed by atoms with Crippen LogP contribution in [-0.4, -0.2) is 42.6 Å². The summed E-state index contributed by atoms with van der Waals surface area (Å²) >= 11 is 0. The summed E-state index contributed by atoms with van der Waals surface area (Å²) in [5, 5.41) is 0. The van der Waals surface area contributed by atoms with Crippen molar-refractivity contribution in [2.24, 2.45) is 0 Å². The van der Waals surface area contributed by atoms with Crippen molar-refractivity contribution in [3.05, 3.63) is 35.4 Å². The van der Waals surface area contributed by atoms with Crippen LogP contribution in [0.3, 0.4) is 0 Å². The van der Waals surface area contributed by atoms with E-state index in [0.29, 0.717) is 0 Å². The zero-order valence-electron chi connectivity index (χ0n) is 9.70. The van der Waals surface area contributed by atoms with E-state index in [9.17, 15) is 0 Å². The molecular weight excluding hydrogens is 242 g/mol. The first-order valence-electron chi connectivity index (χ1n) is 5.31. The molecule has 96 valence electrons. The molecule has 0 fully saturated rings. The highest BCUT2D eigenvalue weighted by Crippen LogP contribution is 2.14. The second kappa shape index (κ2) is 6.11. The van der Waals surface area contributed by atoms with E-state index in [1.54, 1.807) is 11.1 Å². The molecule has 1 aromatic rings. The largest absolute Gasteiger partial charge is 0.394 e. The Morgan fingerprint density at radius 1 is 1.06 bits per heavy atom. The lowest BCUT2D eigenvalue weighted by molar-refractivity contribution is 0.352. The van der Waals surface area contributed by atoms with Crippen LogP contribution in [0.5, 0.6) is 0 Å². The normalized spacial score (nSPS) is 16.4. The van der Waals surface area contributed by atoms with Crippen molar-refractivity contribution in [2.75, 3.05) is 20.1 Å². The van der Waals surface area contributed by atoms with Gasteiger partial charge in [0, 0.05) is 13.1 Å². The Morgan fingerprint density at radius 3 is 1.76 bits per heavy atom. The van der Waals surface area contributed by atoms with Crippen LogP contribution in [-0.2, 0) is 23.2 Å². The van der Waals surface area contributed by atoms with Gasteiger partial charge in [-0.05, 0) is 31.0 Å². The third-order valence-corrected chi connectivity index (χ3v) is 2.64. The molecule has 0 aromatic heterocycles. The van der Waals surface area contributed by atoms with Gasteiger partial charge in [-0.25, -0.2) is 0 Å². The van der Waals surface area contributed by atoms with Gasteiger partial charge < -0.3 is 4.90 Å². The zero-order valence-corrected chi connectivity index (χ0v) is 10.5. The molecule has 0 atom stereocenters. The minimum Gasteiger partial charge on any atom is -0.306 e. The summed E-state index contributed by atoms with van der Waals surface area (Å²) in [4.78, 5) is 2.40. The zero-order chi connectivity index (χ0) is 12.9. The highest BCUT2D eigenvalue weighted by molar-refractivity contribution is 7.79. The van der Waals surface area contributed by atoms with Crippen molar-refractivity contribution in [1.82, 2.24) is 4.90 Å². The van der Waals surface area contributed by atoms with E-state index in [4.69, 9.17) is 17.5 Å². The van der Waals surface area contributed by atoms with Crippen molar-refractivity contribution in [3.8, 4) is 0 Å². The first-order valence-corrected chi connectivity index (χ1v) is 6.71. The van der Waals surface area contributed by atoms with Crippen molar-refractivity contribution in [3.63, 3.8) is 0 Å². The van der Waals surface area contributed by atoms with Crippen molar-refractivity contribution in [2.45, 2.75) is 12.8 Å². The van der Waals surface area contributed by atoms with Gasteiger partial charge >= 0.3 is 10.4 Å². The monoisotopic (exact) mass is 259 g/mol. The number of hydrogen-bond donors (Lipinski definition) is 2. The molecule has 0 saturated carbocycles. The maximum atomic E-state index is 8.74. The van der Waals surface area contributed by atoms with Crippen LogP contribution in [0.4, 0.5) is 0 Å². The molecule has 5 nitrogen and oxygen atoms in total. The third kappa shape index (κ3) is 6.38. The molecule has 2 rings (SSSR count). The molecule has 0 radical (unpaired) electrons. The number of nitrogens with zero attached hydrogens (tertiary/aromatic N) is 1. The van der Waals surface area contributed by atoms with Gasteiger partial charge in [0.1, 0.15) is 0 Å². The molecule has 0 amide bonds. The van der Waals surface area contributed by atoms with Gasteiger partial charge in [-0.1, -0.05) is 24.3 Å². The molecule has 1 aromatic carbocycles. The molecule has 0 unspecified atom stereocenters. The predicted octanol–water partition coefficient (Wildman–Crippen LogP) is 1.06. The van der Waals surface area contributed by atoms with Crippen molar-refractivity contribution >= 4 is 10.4 Å². The Hall–Kier alpha value is -0.950. The summed E-state index contributed by atoms with van der Waals surface area (Å²) in [5.74, 6) is 0. The van der Waals surface area contributed by atoms with Crippen LogP contribution in [0.25, 0.3) is 0 Å². The summed E-state index contributed by atoms with van der Waals surface area (Å²) in [6.45, 7) is 2.41. The van der Waals surface area contributed by atoms with Gasteiger partial charge in [0.15, 0.2) is 0 Å². The number of hydrogen-bond acceptors (Lipinski definition) is 3. The van der Waals surface area contributed by atoms with E-state index in [0.717, 1.165) is 0 Å². The van der Waals surface area contributed by atoms with E-state index < -0.39 is 10.4 Å². The smallest absolute Gasteiger partial charge is 0.306 e. The molecule has 0 saturated heterocycles. The van der Waals surface area contributed by atoms with E-state index >= 15 is 0 Å². The second-order valence-corrected chi connectivity index (χ2v) is 4.92. The molecule has 2 N–H and O–H groups in total. The fraction of sp³-hybridized carbons (Fsp3) is 0.455. The summed E-state index contributed by atoms with van der Waals surface area (Å²) in [7, 11) is -2.47. The number of rotatable bonds is 0. The maximum Gasteiger partial charge on any atom is 0.394 e. The quantitative estimate of drug-likeness (QED) is 0.681. The Labute approximate surface area is 102 Å². The SMILES string of the molecule is CN1CCc2ccccc2CC1.O=S(=O)(O)O. The average molecular weight is 259 g/mol. The van der Waals surface area contributed by atoms with Crippen LogP contribution < -0.4 is 0 Å². The Balaban J connectivity index is 0.000000249. The van der Waals surface area contributed by atoms with E-state index in [2.05, 4.69) is 36.2 Å². The van der Waals surface area contributed by atoms with Crippen molar-refractivity contribution in [1.29, 1.82) is 0 Å². The maximum absolute atomic E-state index is 8.74. The number of benzene rings is 1. The van der Waals surface area contributed by atoms with Gasteiger partial charge in [0.25, 0.3) is 0 Å². The molecule has 1 heterocycles. The van der Waals surface area contributed by atoms with E-state index in [1.807, 2.05) is 0 Å². The summed E-state index contributed by atoms with van der Waals surface area (Å²) in [6, 6.07) is 8.80. The minimum atomic E-state index is -4.67. The Bertz CT molecular complexity index is 423. The van der Waals surface area contributed by atoms with Gasteiger partial charge in [0.2, 0.25) is 0 Å². The summed E-state index contributed by atoms with van der Waals surface area (Å²) < 4.78 is 31.6. The third-order valence-electron chi connectivity index (χ3n) is 2.64. The van der Waals surface area contributed by atoms with Crippen molar-refractivity contribution < 1.29 is 17.5 Å². The van der Waals surface area contributed by atoms with Gasteiger partial charge in [-0.2, -0.15) is 8.42 Å². The average Bonchev–Trinajstić information content (AvgIpc) is 2.39. The first kappa shape index (κ1) is 14.1. The standard InChI is InChI=1S/C11H15N.H2O4S/c1-12-8-6-10-4-2-3-5-11(10)7-9-12;1-5(2,3)4/h2-5H,6-9H2,1H3;(H2,1,2,3,4). The topological polar surface area (TPSA) is 77.8 Å². The molecule has 17 heavy (non-hydrogen) atoms. The Kier molecular flexibility index (Phi) is 5.07. The molecular formula is C11H17NO4S. The fourth-order valence-electron chi connectivity index (χ4n) is 1.78. The van der Waals surface area contributed by atoms with E-state index in [-0.39, 0.29) is 0 Å². The molecule has 6 heteroatoms. The van der Waals surface area contributed by atoms with Gasteiger partial charge in [-0.3, -0.25) is 9.11 Å². The second-order valence-electron chi connectivity index (χ2n) is 4.02. The summed E-state index contributed by atoms with van der Waals surface area (Å²) in [6.07, 6.45) is 2.43. The summed E-state index contributed by atoms with van der Waals surface area (Å²) in [5.41, 5.74) is 3.09. The Morgan fingerprint density at radius 2 is 1.41 bits per heavy atom. The van der Waals surface area contributed by atoms with Crippen LogP contribution in [0, 0.1) is 0 Å². The van der Waals surface area contributed by atoms with Crippen LogP contribution in [0.2, 0.25) is 0 Å². The van der Waals surface area contributed by atoms with Gasteiger partial charge in [-0.15, -0.1) is 0 Å².